The van der Waals surface area contributed by atoms with Gasteiger partial charge >= 0.3 is 12.2 Å². The molecule has 162 valence electrons. The fraction of sp³-hybridized carbons (Fsp3) is 0.579. The molecule has 0 aromatic heterocycles. The highest BCUT2D eigenvalue weighted by molar-refractivity contribution is 7.85. The van der Waals surface area contributed by atoms with Gasteiger partial charge in [-0.05, 0) is 26.3 Å². The highest BCUT2D eigenvalue weighted by atomic mass is 32.2. The summed E-state index contributed by atoms with van der Waals surface area (Å²) in [4.78, 5) is 27.8. The van der Waals surface area contributed by atoms with Crippen molar-refractivity contribution >= 4 is 22.3 Å². The molecule has 1 aromatic rings. The van der Waals surface area contributed by atoms with Gasteiger partial charge in [0, 0.05) is 19.6 Å². The Labute approximate surface area is 171 Å². The Morgan fingerprint density at radius 1 is 1.10 bits per heavy atom. The van der Waals surface area contributed by atoms with Crippen molar-refractivity contribution in [1.29, 1.82) is 0 Å². The van der Waals surface area contributed by atoms with Crippen molar-refractivity contribution in [3.63, 3.8) is 0 Å². The van der Waals surface area contributed by atoms with Crippen LogP contribution in [0.25, 0.3) is 0 Å². The van der Waals surface area contributed by atoms with E-state index in [1.165, 1.54) is 9.80 Å². The molecule has 1 aliphatic heterocycles. The molecule has 10 heteroatoms. The van der Waals surface area contributed by atoms with E-state index in [0.717, 1.165) is 11.8 Å². The summed E-state index contributed by atoms with van der Waals surface area (Å²) in [6, 6.07) is 8.52. The Bertz CT molecular complexity index is 806. The monoisotopic (exact) mass is 428 g/mol. The van der Waals surface area contributed by atoms with Crippen molar-refractivity contribution in [2.24, 2.45) is 0 Å². The minimum atomic E-state index is -3.71. The van der Waals surface area contributed by atoms with Crippen LogP contribution in [0.1, 0.15) is 26.3 Å². The molecule has 1 saturated heterocycles. The number of rotatable bonds is 5. The number of nitrogens with zero attached hydrogens (tertiary/aromatic N) is 2. The molecule has 0 aliphatic carbocycles. The molecule has 0 unspecified atom stereocenters. The first-order valence-corrected chi connectivity index (χ1v) is 11.1. The topological polar surface area (TPSA) is 102 Å². The highest BCUT2D eigenvalue weighted by Gasteiger charge is 2.36. The average molecular weight is 429 g/mol. The van der Waals surface area contributed by atoms with Crippen LogP contribution in [-0.2, 0) is 30.4 Å². The third kappa shape index (κ3) is 7.90. The lowest BCUT2D eigenvalue weighted by Crippen LogP contribution is -2.58. The lowest BCUT2D eigenvalue weighted by atomic mass is 10.2. The van der Waals surface area contributed by atoms with Crippen molar-refractivity contribution in [2.75, 3.05) is 32.5 Å². The number of carbonyl (C=O) groups excluding carboxylic acids is 2. The van der Waals surface area contributed by atoms with Gasteiger partial charge in [0.1, 0.15) is 12.2 Å². The smallest absolute Gasteiger partial charge is 0.410 e. The molecule has 2 amide bonds. The van der Waals surface area contributed by atoms with Crippen LogP contribution in [0, 0.1) is 0 Å². The zero-order valence-corrected chi connectivity index (χ0v) is 18.0. The molecule has 0 spiro atoms. The van der Waals surface area contributed by atoms with Crippen LogP contribution in [0.4, 0.5) is 9.59 Å². The molecule has 1 aliphatic rings. The number of hydrogen-bond acceptors (Lipinski definition) is 7. The molecule has 1 heterocycles. The number of carbonyl (C=O) groups is 2. The molecule has 0 bridgehead atoms. The van der Waals surface area contributed by atoms with E-state index in [1.54, 1.807) is 20.8 Å². The lowest BCUT2D eigenvalue weighted by Gasteiger charge is -2.40. The maximum atomic E-state index is 12.6. The van der Waals surface area contributed by atoms with Gasteiger partial charge in [-0.25, -0.2) is 9.59 Å². The van der Waals surface area contributed by atoms with Crippen LogP contribution in [-0.4, -0.2) is 74.5 Å². The van der Waals surface area contributed by atoms with Gasteiger partial charge in [0.2, 0.25) is 0 Å². The summed E-state index contributed by atoms with van der Waals surface area (Å²) in [5.41, 5.74) is 0.166. The number of hydrogen-bond donors (Lipinski definition) is 0. The average Bonchev–Trinajstić information content (AvgIpc) is 2.63. The Hall–Kier alpha value is -2.33. The summed E-state index contributed by atoms with van der Waals surface area (Å²) in [5.74, 6) is 0. The van der Waals surface area contributed by atoms with Gasteiger partial charge in [0.05, 0.1) is 18.9 Å². The molecule has 9 nitrogen and oxygen atoms in total. The summed E-state index contributed by atoms with van der Waals surface area (Å²) in [6.07, 6.45) is -0.196. The minimum absolute atomic E-state index is 0.0743. The van der Waals surface area contributed by atoms with Crippen molar-refractivity contribution in [1.82, 2.24) is 9.80 Å². The fourth-order valence-corrected chi connectivity index (χ4v) is 3.14. The molecule has 0 radical (unpaired) electrons. The third-order valence-corrected chi connectivity index (χ3v) is 4.61. The van der Waals surface area contributed by atoms with E-state index in [-0.39, 0.29) is 32.8 Å². The van der Waals surface area contributed by atoms with Crippen LogP contribution in [0.5, 0.6) is 0 Å². The van der Waals surface area contributed by atoms with E-state index >= 15 is 0 Å². The number of piperazine rings is 1. The Morgan fingerprint density at radius 2 is 1.76 bits per heavy atom. The summed E-state index contributed by atoms with van der Waals surface area (Å²) >= 11 is 0. The van der Waals surface area contributed by atoms with Gasteiger partial charge in [-0.1, -0.05) is 30.3 Å². The van der Waals surface area contributed by atoms with Gasteiger partial charge in [-0.3, -0.25) is 9.08 Å². The number of benzene rings is 1. The second kappa shape index (κ2) is 9.45. The maximum absolute atomic E-state index is 12.6. The van der Waals surface area contributed by atoms with Crippen molar-refractivity contribution in [3.8, 4) is 0 Å². The van der Waals surface area contributed by atoms with Crippen LogP contribution in [0.3, 0.4) is 0 Å². The van der Waals surface area contributed by atoms with Gasteiger partial charge in [-0.2, -0.15) is 8.42 Å². The van der Waals surface area contributed by atoms with Crippen molar-refractivity contribution in [3.05, 3.63) is 35.9 Å². The Kier molecular flexibility index (Phi) is 7.48. The van der Waals surface area contributed by atoms with Gasteiger partial charge in [-0.15, -0.1) is 0 Å². The van der Waals surface area contributed by atoms with Crippen LogP contribution in [0.2, 0.25) is 0 Å². The SMILES string of the molecule is CC(C)(C)OC(=O)N1CCN(C(=O)OCc2ccccc2)[C@H](COS(C)(=O)=O)C1. The van der Waals surface area contributed by atoms with Crippen LogP contribution in [0.15, 0.2) is 30.3 Å². The first-order chi connectivity index (χ1) is 13.4. The Balaban J connectivity index is 2.04. The van der Waals surface area contributed by atoms with E-state index in [0.29, 0.717) is 0 Å². The summed E-state index contributed by atoms with van der Waals surface area (Å²) in [7, 11) is -3.71. The van der Waals surface area contributed by atoms with Crippen LogP contribution >= 0.6 is 0 Å². The molecule has 29 heavy (non-hydrogen) atoms. The van der Waals surface area contributed by atoms with Crippen molar-refractivity contribution < 1.29 is 31.7 Å². The largest absolute Gasteiger partial charge is 0.445 e. The second-order valence-corrected chi connectivity index (χ2v) is 9.45. The van der Waals surface area contributed by atoms with Gasteiger partial charge < -0.3 is 14.4 Å². The zero-order valence-electron chi connectivity index (χ0n) is 17.2. The van der Waals surface area contributed by atoms with E-state index in [2.05, 4.69) is 0 Å². The fourth-order valence-electron chi connectivity index (χ4n) is 2.73. The van der Waals surface area contributed by atoms with E-state index in [9.17, 15) is 18.0 Å². The molecule has 1 atom stereocenters. The van der Waals surface area contributed by atoms with Gasteiger partial charge in [0.15, 0.2) is 0 Å². The van der Waals surface area contributed by atoms with E-state index in [1.807, 2.05) is 30.3 Å². The Morgan fingerprint density at radius 3 is 2.34 bits per heavy atom. The summed E-state index contributed by atoms with van der Waals surface area (Å²) in [6.45, 7) is 5.56. The van der Waals surface area contributed by atoms with E-state index in [4.69, 9.17) is 13.7 Å². The normalized spacial score (nSPS) is 17.7. The molecular weight excluding hydrogens is 400 g/mol. The second-order valence-electron chi connectivity index (χ2n) is 7.80. The quantitative estimate of drug-likeness (QED) is 0.663. The maximum Gasteiger partial charge on any atom is 0.410 e. The van der Waals surface area contributed by atoms with Crippen LogP contribution < -0.4 is 0 Å². The lowest BCUT2D eigenvalue weighted by molar-refractivity contribution is -0.00449. The first-order valence-electron chi connectivity index (χ1n) is 9.24. The first kappa shape index (κ1) is 23.0. The van der Waals surface area contributed by atoms with E-state index < -0.39 is 33.9 Å². The predicted octanol–water partition coefficient (Wildman–Crippen LogP) is 2.22. The molecule has 0 saturated carbocycles. The highest BCUT2D eigenvalue weighted by Crippen LogP contribution is 2.17. The molecular formula is C19H28N2O7S. The number of amides is 2. The molecule has 2 rings (SSSR count). The molecule has 0 N–H and O–H groups in total. The number of ether oxygens (including phenoxy) is 2. The third-order valence-electron chi connectivity index (χ3n) is 4.05. The predicted molar refractivity (Wildman–Crippen MR) is 106 cm³/mol. The zero-order chi connectivity index (χ0) is 21.7. The molecule has 1 aromatic carbocycles. The standard InChI is InChI=1S/C19H28N2O7S/c1-19(2,3)28-17(22)20-10-11-21(16(12-20)14-27-29(4,24)25)18(23)26-13-15-8-6-5-7-9-15/h5-9,16H,10-14H2,1-4H3/t16-/m0/s1. The van der Waals surface area contributed by atoms with Crippen molar-refractivity contribution in [2.45, 2.75) is 39.0 Å². The van der Waals surface area contributed by atoms with Gasteiger partial charge in [0.25, 0.3) is 10.1 Å². The minimum Gasteiger partial charge on any atom is -0.445 e. The summed E-state index contributed by atoms with van der Waals surface area (Å²) in [5, 5.41) is 0. The summed E-state index contributed by atoms with van der Waals surface area (Å²) < 4.78 is 38.4. The molecule has 1 fully saturated rings.